The molecule has 6 nitrogen and oxygen atoms in total. The normalized spacial score (nSPS) is 16.0. The number of nitrogens with one attached hydrogen (secondary N) is 1. The standard InChI is InChI=1S/C22H32N2O4/c1-17(2)21(23-19(25)15-18-11-7-6-8-12-18)22(27)28-16-20(26)24-13-9-4-3-5-10-14-24/h6-8,11-12,17,21H,3-5,9-10,13-16H2,1-2H3,(H,23,25)/t21-/m0/s1. The van der Waals surface area contributed by atoms with E-state index in [1.165, 1.54) is 6.42 Å². The van der Waals surface area contributed by atoms with Crippen LogP contribution in [0.15, 0.2) is 30.3 Å². The lowest BCUT2D eigenvalue weighted by Crippen LogP contribution is -2.47. The van der Waals surface area contributed by atoms with Crippen molar-refractivity contribution in [3.8, 4) is 0 Å². The molecule has 1 aliphatic heterocycles. The van der Waals surface area contributed by atoms with Gasteiger partial charge in [0.2, 0.25) is 5.91 Å². The number of carbonyl (C=O) groups is 3. The molecule has 0 saturated carbocycles. The molecule has 1 atom stereocenters. The zero-order valence-electron chi connectivity index (χ0n) is 17.0. The second kappa shape index (κ2) is 11.5. The second-order valence-electron chi connectivity index (χ2n) is 7.71. The van der Waals surface area contributed by atoms with Crippen molar-refractivity contribution in [3.05, 3.63) is 35.9 Å². The number of amides is 2. The molecule has 2 rings (SSSR count). The van der Waals surface area contributed by atoms with Gasteiger partial charge in [-0.25, -0.2) is 4.79 Å². The smallest absolute Gasteiger partial charge is 0.329 e. The van der Waals surface area contributed by atoms with Gasteiger partial charge in [-0.2, -0.15) is 0 Å². The van der Waals surface area contributed by atoms with Gasteiger partial charge in [0.1, 0.15) is 6.04 Å². The van der Waals surface area contributed by atoms with Crippen LogP contribution in [0.5, 0.6) is 0 Å². The second-order valence-corrected chi connectivity index (χ2v) is 7.71. The number of benzene rings is 1. The Bertz CT molecular complexity index is 637. The highest BCUT2D eigenvalue weighted by Gasteiger charge is 2.27. The summed E-state index contributed by atoms with van der Waals surface area (Å²) < 4.78 is 5.26. The molecule has 1 aromatic rings. The molecule has 0 aliphatic carbocycles. The van der Waals surface area contributed by atoms with Gasteiger partial charge in [-0.3, -0.25) is 9.59 Å². The fourth-order valence-electron chi connectivity index (χ4n) is 3.31. The minimum absolute atomic E-state index is 0.135. The van der Waals surface area contributed by atoms with Crippen LogP contribution >= 0.6 is 0 Å². The van der Waals surface area contributed by atoms with Crippen molar-refractivity contribution in [1.29, 1.82) is 0 Å². The summed E-state index contributed by atoms with van der Waals surface area (Å²) in [5.74, 6) is -1.09. The summed E-state index contributed by atoms with van der Waals surface area (Å²) in [4.78, 5) is 38.9. The first-order valence-corrected chi connectivity index (χ1v) is 10.2. The molecule has 0 unspecified atom stereocenters. The van der Waals surface area contributed by atoms with Crippen LogP contribution in [0, 0.1) is 5.92 Å². The first-order valence-electron chi connectivity index (χ1n) is 10.2. The highest BCUT2D eigenvalue weighted by atomic mass is 16.5. The monoisotopic (exact) mass is 388 g/mol. The molecule has 1 fully saturated rings. The predicted octanol–water partition coefficient (Wildman–Crippen LogP) is 2.71. The van der Waals surface area contributed by atoms with E-state index in [1.54, 1.807) is 4.90 Å². The van der Waals surface area contributed by atoms with Gasteiger partial charge in [0.05, 0.1) is 6.42 Å². The van der Waals surface area contributed by atoms with Crippen LogP contribution < -0.4 is 5.32 Å². The van der Waals surface area contributed by atoms with Crippen molar-refractivity contribution >= 4 is 17.8 Å². The molecule has 0 spiro atoms. The molecular formula is C22H32N2O4. The molecule has 0 aromatic heterocycles. The third-order valence-electron chi connectivity index (χ3n) is 4.99. The molecule has 1 saturated heterocycles. The van der Waals surface area contributed by atoms with Gasteiger partial charge in [0.15, 0.2) is 6.61 Å². The third kappa shape index (κ3) is 7.33. The van der Waals surface area contributed by atoms with Gasteiger partial charge < -0.3 is 15.0 Å². The molecule has 1 aliphatic rings. The average molecular weight is 389 g/mol. The quantitative estimate of drug-likeness (QED) is 0.729. The number of carbonyl (C=O) groups excluding carboxylic acids is 3. The summed E-state index contributed by atoms with van der Waals surface area (Å²) in [7, 11) is 0. The van der Waals surface area contributed by atoms with Crippen LogP contribution in [-0.2, 0) is 25.5 Å². The molecule has 1 heterocycles. The van der Waals surface area contributed by atoms with Crippen molar-refractivity contribution in [2.45, 2.75) is 58.4 Å². The maximum absolute atomic E-state index is 12.5. The molecule has 28 heavy (non-hydrogen) atoms. The number of rotatable bonds is 7. The van der Waals surface area contributed by atoms with E-state index >= 15 is 0 Å². The summed E-state index contributed by atoms with van der Waals surface area (Å²) in [6, 6.07) is 8.59. The Hall–Kier alpha value is -2.37. The van der Waals surface area contributed by atoms with Crippen LogP contribution in [0.1, 0.15) is 51.5 Å². The van der Waals surface area contributed by atoms with E-state index in [9.17, 15) is 14.4 Å². The van der Waals surface area contributed by atoms with E-state index in [0.717, 1.165) is 44.3 Å². The molecule has 0 bridgehead atoms. The Morgan fingerprint density at radius 1 is 1.00 bits per heavy atom. The average Bonchev–Trinajstić information content (AvgIpc) is 2.64. The van der Waals surface area contributed by atoms with E-state index in [1.807, 2.05) is 44.2 Å². The molecule has 1 aromatic carbocycles. The Morgan fingerprint density at radius 2 is 1.61 bits per heavy atom. The van der Waals surface area contributed by atoms with Gasteiger partial charge in [-0.1, -0.05) is 63.4 Å². The SMILES string of the molecule is CC(C)[C@H](NC(=O)Cc1ccccc1)C(=O)OCC(=O)N1CCCCCCC1. The van der Waals surface area contributed by atoms with Gasteiger partial charge in [-0.15, -0.1) is 0 Å². The summed E-state index contributed by atoms with van der Waals surface area (Å²) in [6.07, 6.45) is 5.66. The molecule has 2 amide bonds. The highest BCUT2D eigenvalue weighted by molar-refractivity contribution is 5.87. The van der Waals surface area contributed by atoms with E-state index in [0.29, 0.717) is 0 Å². The molecule has 154 valence electrons. The van der Waals surface area contributed by atoms with E-state index < -0.39 is 12.0 Å². The number of hydrogen-bond acceptors (Lipinski definition) is 4. The summed E-state index contributed by atoms with van der Waals surface area (Å²) in [5, 5.41) is 2.75. The van der Waals surface area contributed by atoms with Crippen LogP contribution in [-0.4, -0.2) is 48.4 Å². The highest BCUT2D eigenvalue weighted by Crippen LogP contribution is 2.11. The van der Waals surface area contributed by atoms with Crippen LogP contribution in [0.25, 0.3) is 0 Å². The van der Waals surface area contributed by atoms with Crippen LogP contribution in [0.2, 0.25) is 0 Å². The summed E-state index contributed by atoms with van der Waals surface area (Å²) in [5.41, 5.74) is 0.878. The maximum Gasteiger partial charge on any atom is 0.329 e. The minimum Gasteiger partial charge on any atom is -0.454 e. The van der Waals surface area contributed by atoms with E-state index in [2.05, 4.69) is 5.32 Å². The van der Waals surface area contributed by atoms with E-state index in [-0.39, 0.29) is 30.8 Å². The number of nitrogens with zero attached hydrogens (tertiary/aromatic N) is 1. The van der Waals surface area contributed by atoms with Crippen molar-refractivity contribution in [2.24, 2.45) is 5.92 Å². The van der Waals surface area contributed by atoms with Crippen molar-refractivity contribution in [2.75, 3.05) is 19.7 Å². The summed E-state index contributed by atoms with van der Waals surface area (Å²) >= 11 is 0. The topological polar surface area (TPSA) is 75.7 Å². The van der Waals surface area contributed by atoms with Gasteiger partial charge in [-0.05, 0) is 24.3 Å². The lowest BCUT2D eigenvalue weighted by atomic mass is 10.0. The number of ether oxygens (including phenoxy) is 1. The largest absolute Gasteiger partial charge is 0.454 e. The molecule has 6 heteroatoms. The minimum atomic E-state index is -0.767. The molecule has 1 N–H and O–H groups in total. The zero-order chi connectivity index (χ0) is 20.4. The van der Waals surface area contributed by atoms with Crippen molar-refractivity contribution in [3.63, 3.8) is 0 Å². The number of esters is 1. The van der Waals surface area contributed by atoms with Gasteiger partial charge in [0, 0.05) is 13.1 Å². The third-order valence-corrected chi connectivity index (χ3v) is 4.99. The first-order chi connectivity index (χ1) is 13.5. The Kier molecular flexibility index (Phi) is 8.98. The van der Waals surface area contributed by atoms with Crippen molar-refractivity contribution in [1.82, 2.24) is 10.2 Å². The molecule has 0 radical (unpaired) electrons. The van der Waals surface area contributed by atoms with Crippen LogP contribution in [0.3, 0.4) is 0 Å². The number of hydrogen-bond donors (Lipinski definition) is 1. The zero-order valence-corrected chi connectivity index (χ0v) is 17.0. The molecular weight excluding hydrogens is 356 g/mol. The number of likely N-dealkylation sites (tertiary alicyclic amines) is 1. The Morgan fingerprint density at radius 3 is 2.21 bits per heavy atom. The Balaban J connectivity index is 1.84. The predicted molar refractivity (Wildman–Crippen MR) is 108 cm³/mol. The van der Waals surface area contributed by atoms with Gasteiger partial charge >= 0.3 is 5.97 Å². The fourth-order valence-corrected chi connectivity index (χ4v) is 3.31. The lowest BCUT2D eigenvalue weighted by molar-refractivity contribution is -0.155. The fraction of sp³-hybridized carbons (Fsp3) is 0.591. The van der Waals surface area contributed by atoms with E-state index in [4.69, 9.17) is 4.74 Å². The summed E-state index contributed by atoms with van der Waals surface area (Å²) in [6.45, 7) is 4.86. The van der Waals surface area contributed by atoms with Gasteiger partial charge in [0.25, 0.3) is 5.91 Å². The first kappa shape index (κ1) is 21.9. The maximum atomic E-state index is 12.5. The Labute approximate surface area is 167 Å². The lowest BCUT2D eigenvalue weighted by Gasteiger charge is -2.25. The van der Waals surface area contributed by atoms with Crippen molar-refractivity contribution < 1.29 is 19.1 Å². The van der Waals surface area contributed by atoms with Crippen LogP contribution in [0.4, 0.5) is 0 Å².